The highest BCUT2D eigenvalue weighted by molar-refractivity contribution is 5.58. The van der Waals surface area contributed by atoms with Gasteiger partial charge in [0.1, 0.15) is 5.69 Å². The number of nitrogens with zero attached hydrogens (tertiary/aromatic N) is 4. The molecule has 0 amide bonds. The SMILES string of the molecule is Fc1cnc(N2CCNCC2)nc1-c1cn[nH]c1. The van der Waals surface area contributed by atoms with Gasteiger partial charge in [0, 0.05) is 37.9 Å². The average molecular weight is 248 g/mol. The first kappa shape index (κ1) is 11.1. The van der Waals surface area contributed by atoms with E-state index in [1.165, 1.54) is 6.20 Å². The monoisotopic (exact) mass is 248 g/mol. The van der Waals surface area contributed by atoms with Gasteiger partial charge in [-0.2, -0.15) is 5.10 Å². The van der Waals surface area contributed by atoms with Crippen LogP contribution in [0.1, 0.15) is 0 Å². The van der Waals surface area contributed by atoms with E-state index in [9.17, 15) is 4.39 Å². The maximum atomic E-state index is 13.7. The lowest BCUT2D eigenvalue weighted by molar-refractivity contribution is 0.573. The van der Waals surface area contributed by atoms with Crippen molar-refractivity contribution < 1.29 is 4.39 Å². The number of piperazine rings is 1. The molecule has 18 heavy (non-hydrogen) atoms. The van der Waals surface area contributed by atoms with Crippen LogP contribution in [0.4, 0.5) is 10.3 Å². The lowest BCUT2D eigenvalue weighted by Gasteiger charge is -2.27. The second kappa shape index (κ2) is 4.69. The highest BCUT2D eigenvalue weighted by Crippen LogP contribution is 2.21. The van der Waals surface area contributed by atoms with Crippen molar-refractivity contribution in [2.45, 2.75) is 0 Å². The Balaban J connectivity index is 1.95. The summed E-state index contributed by atoms with van der Waals surface area (Å²) in [6.07, 6.45) is 4.38. The predicted octanol–water partition coefficient (Wildman–Crippen LogP) is 0.415. The minimum atomic E-state index is -0.435. The van der Waals surface area contributed by atoms with Gasteiger partial charge in [-0.1, -0.05) is 0 Å². The molecule has 2 aromatic rings. The van der Waals surface area contributed by atoms with E-state index < -0.39 is 5.82 Å². The summed E-state index contributed by atoms with van der Waals surface area (Å²) in [6.45, 7) is 3.44. The van der Waals surface area contributed by atoms with Crippen LogP contribution in [0.5, 0.6) is 0 Å². The summed E-state index contributed by atoms with van der Waals surface area (Å²) in [5, 5.41) is 9.71. The van der Waals surface area contributed by atoms with Crippen molar-refractivity contribution >= 4 is 5.95 Å². The molecule has 0 unspecified atom stereocenters. The normalized spacial score (nSPS) is 15.9. The zero-order chi connectivity index (χ0) is 12.4. The van der Waals surface area contributed by atoms with Crippen LogP contribution in [-0.4, -0.2) is 46.3 Å². The minimum Gasteiger partial charge on any atom is -0.338 e. The summed E-state index contributed by atoms with van der Waals surface area (Å²) in [6, 6.07) is 0. The van der Waals surface area contributed by atoms with Crippen molar-refractivity contribution in [1.82, 2.24) is 25.5 Å². The summed E-state index contributed by atoms with van der Waals surface area (Å²) >= 11 is 0. The van der Waals surface area contributed by atoms with Gasteiger partial charge < -0.3 is 10.2 Å². The summed E-state index contributed by atoms with van der Waals surface area (Å²) in [5.41, 5.74) is 0.915. The topological polar surface area (TPSA) is 69.7 Å². The van der Waals surface area contributed by atoms with Crippen LogP contribution >= 0.6 is 0 Å². The molecule has 3 heterocycles. The van der Waals surface area contributed by atoms with E-state index in [0.29, 0.717) is 11.5 Å². The summed E-state index contributed by atoms with van der Waals surface area (Å²) in [4.78, 5) is 10.4. The summed E-state index contributed by atoms with van der Waals surface area (Å²) in [5.74, 6) is 0.129. The molecule has 94 valence electrons. The molecule has 6 nitrogen and oxygen atoms in total. The largest absolute Gasteiger partial charge is 0.338 e. The van der Waals surface area contributed by atoms with Gasteiger partial charge in [0.25, 0.3) is 0 Å². The molecule has 1 fully saturated rings. The van der Waals surface area contributed by atoms with Crippen LogP contribution in [0, 0.1) is 5.82 Å². The zero-order valence-electron chi connectivity index (χ0n) is 9.73. The lowest BCUT2D eigenvalue weighted by Crippen LogP contribution is -2.44. The Kier molecular flexibility index (Phi) is 2.89. The number of aromatic nitrogens is 4. The number of hydrogen-bond acceptors (Lipinski definition) is 5. The first-order valence-electron chi connectivity index (χ1n) is 5.82. The van der Waals surface area contributed by atoms with E-state index in [1.807, 2.05) is 4.90 Å². The molecule has 0 atom stereocenters. The lowest BCUT2D eigenvalue weighted by atomic mass is 10.2. The molecule has 0 aliphatic carbocycles. The number of nitrogens with one attached hydrogen (secondary N) is 2. The minimum absolute atomic E-state index is 0.285. The van der Waals surface area contributed by atoms with Crippen molar-refractivity contribution in [1.29, 1.82) is 0 Å². The number of rotatable bonds is 2. The zero-order valence-corrected chi connectivity index (χ0v) is 9.73. The third-order valence-electron chi connectivity index (χ3n) is 2.90. The first-order valence-corrected chi connectivity index (χ1v) is 5.82. The van der Waals surface area contributed by atoms with E-state index in [-0.39, 0.29) is 5.69 Å². The predicted molar refractivity (Wildman–Crippen MR) is 64.7 cm³/mol. The quantitative estimate of drug-likeness (QED) is 0.806. The van der Waals surface area contributed by atoms with Crippen molar-refractivity contribution in [3.8, 4) is 11.3 Å². The molecule has 1 saturated heterocycles. The molecule has 0 saturated carbocycles. The maximum Gasteiger partial charge on any atom is 0.226 e. The fraction of sp³-hybridized carbons (Fsp3) is 0.364. The van der Waals surface area contributed by atoms with Gasteiger partial charge in [-0.15, -0.1) is 0 Å². The summed E-state index contributed by atoms with van der Waals surface area (Å²) < 4.78 is 13.7. The Morgan fingerprint density at radius 1 is 1.22 bits per heavy atom. The fourth-order valence-electron chi connectivity index (χ4n) is 1.96. The molecule has 3 rings (SSSR count). The Morgan fingerprint density at radius 2 is 2.06 bits per heavy atom. The van der Waals surface area contributed by atoms with E-state index in [1.54, 1.807) is 12.4 Å². The first-order chi connectivity index (χ1) is 8.84. The van der Waals surface area contributed by atoms with Gasteiger partial charge in [-0.3, -0.25) is 5.10 Å². The molecular weight excluding hydrogens is 235 g/mol. The fourth-order valence-corrected chi connectivity index (χ4v) is 1.96. The van der Waals surface area contributed by atoms with Crippen molar-refractivity contribution in [3.05, 3.63) is 24.4 Å². The van der Waals surface area contributed by atoms with Crippen LogP contribution in [0.2, 0.25) is 0 Å². The average Bonchev–Trinajstić information content (AvgIpc) is 2.94. The Labute approximate surface area is 103 Å². The van der Waals surface area contributed by atoms with Gasteiger partial charge in [-0.25, -0.2) is 14.4 Å². The molecule has 7 heteroatoms. The van der Waals surface area contributed by atoms with Gasteiger partial charge in [0.15, 0.2) is 5.82 Å². The van der Waals surface area contributed by atoms with Crippen LogP contribution in [-0.2, 0) is 0 Å². The summed E-state index contributed by atoms with van der Waals surface area (Å²) in [7, 11) is 0. The van der Waals surface area contributed by atoms with Crippen molar-refractivity contribution in [2.24, 2.45) is 0 Å². The van der Waals surface area contributed by atoms with Gasteiger partial charge in [0.05, 0.1) is 12.4 Å². The Morgan fingerprint density at radius 3 is 2.78 bits per heavy atom. The molecule has 1 aliphatic heterocycles. The van der Waals surface area contributed by atoms with E-state index in [4.69, 9.17) is 0 Å². The van der Waals surface area contributed by atoms with Gasteiger partial charge in [-0.05, 0) is 0 Å². The Bertz CT molecular complexity index is 520. The van der Waals surface area contributed by atoms with Crippen LogP contribution in [0.3, 0.4) is 0 Å². The molecular formula is C11H13FN6. The number of aromatic amines is 1. The van der Waals surface area contributed by atoms with Gasteiger partial charge in [0.2, 0.25) is 5.95 Å². The maximum absolute atomic E-state index is 13.7. The molecule has 1 aliphatic rings. The third-order valence-corrected chi connectivity index (χ3v) is 2.90. The molecule has 0 spiro atoms. The standard InChI is InChI=1S/C11H13FN6/c12-9-7-14-11(18-3-1-13-2-4-18)17-10(9)8-5-15-16-6-8/h5-7,13H,1-4H2,(H,15,16). The molecule has 0 radical (unpaired) electrons. The number of halogens is 1. The second-order valence-electron chi connectivity index (χ2n) is 4.09. The third kappa shape index (κ3) is 2.04. The number of H-pyrrole nitrogens is 1. The molecule has 2 N–H and O–H groups in total. The number of hydrogen-bond donors (Lipinski definition) is 2. The Hall–Kier alpha value is -2.02. The highest BCUT2D eigenvalue weighted by Gasteiger charge is 2.16. The molecule has 2 aromatic heterocycles. The van der Waals surface area contributed by atoms with Crippen LogP contribution in [0.15, 0.2) is 18.6 Å². The second-order valence-corrected chi connectivity index (χ2v) is 4.09. The molecule has 0 bridgehead atoms. The van der Waals surface area contributed by atoms with Crippen molar-refractivity contribution in [2.75, 3.05) is 31.1 Å². The van der Waals surface area contributed by atoms with Crippen molar-refractivity contribution in [3.63, 3.8) is 0 Å². The van der Waals surface area contributed by atoms with E-state index >= 15 is 0 Å². The smallest absolute Gasteiger partial charge is 0.226 e. The van der Waals surface area contributed by atoms with E-state index in [0.717, 1.165) is 26.2 Å². The van der Waals surface area contributed by atoms with E-state index in [2.05, 4.69) is 25.5 Å². The molecule has 0 aromatic carbocycles. The van der Waals surface area contributed by atoms with Crippen LogP contribution in [0.25, 0.3) is 11.3 Å². The highest BCUT2D eigenvalue weighted by atomic mass is 19.1. The van der Waals surface area contributed by atoms with Crippen LogP contribution < -0.4 is 10.2 Å². The van der Waals surface area contributed by atoms with Gasteiger partial charge >= 0.3 is 0 Å². The number of anilines is 1.